The van der Waals surface area contributed by atoms with Crippen LogP contribution in [0.15, 0.2) is 42.5 Å². The Balaban J connectivity index is 1.65. The normalized spacial score (nSPS) is 18.1. The summed E-state index contributed by atoms with van der Waals surface area (Å²) in [5.41, 5.74) is 3.21. The van der Waals surface area contributed by atoms with E-state index in [-0.39, 0.29) is 5.75 Å². The van der Waals surface area contributed by atoms with Crippen LogP contribution in [0.2, 0.25) is 0 Å². The van der Waals surface area contributed by atoms with Crippen LogP contribution in [0.1, 0.15) is 35.6 Å². The molecule has 0 radical (unpaired) electrons. The standard InChI is InChI=1S/C17H17FO2/c1-11(19)12-6-7-17(16(18)9-12)20-10-14-8-13-4-2-3-5-15(13)14/h2-7,9,11,14,19H,8,10H2,1H3/t11-,14?/m0/s1. The monoisotopic (exact) mass is 272 g/mol. The summed E-state index contributed by atoms with van der Waals surface area (Å²) in [5, 5.41) is 9.41. The Morgan fingerprint density at radius 1 is 1.30 bits per heavy atom. The van der Waals surface area contributed by atoms with E-state index in [2.05, 4.69) is 12.1 Å². The van der Waals surface area contributed by atoms with Crippen molar-refractivity contribution in [1.29, 1.82) is 0 Å². The van der Waals surface area contributed by atoms with Gasteiger partial charge in [-0.2, -0.15) is 0 Å². The van der Waals surface area contributed by atoms with Crippen molar-refractivity contribution in [2.24, 2.45) is 0 Å². The number of aliphatic hydroxyl groups is 1. The van der Waals surface area contributed by atoms with Crippen molar-refractivity contribution in [3.05, 3.63) is 65.0 Å². The average molecular weight is 272 g/mol. The predicted molar refractivity (Wildman–Crippen MR) is 75.4 cm³/mol. The van der Waals surface area contributed by atoms with Crippen molar-refractivity contribution >= 4 is 0 Å². The number of halogens is 1. The molecule has 104 valence electrons. The summed E-state index contributed by atoms with van der Waals surface area (Å²) in [4.78, 5) is 0. The molecule has 0 saturated heterocycles. The topological polar surface area (TPSA) is 29.5 Å². The first-order valence-electron chi connectivity index (χ1n) is 6.83. The van der Waals surface area contributed by atoms with Gasteiger partial charge in [-0.25, -0.2) is 4.39 Å². The molecular formula is C17H17FO2. The van der Waals surface area contributed by atoms with Crippen molar-refractivity contribution in [3.8, 4) is 5.75 Å². The fourth-order valence-corrected chi connectivity index (χ4v) is 2.60. The molecule has 0 saturated carbocycles. The van der Waals surface area contributed by atoms with Crippen LogP contribution in [0, 0.1) is 5.82 Å². The van der Waals surface area contributed by atoms with E-state index in [0.29, 0.717) is 18.1 Å². The molecule has 0 fully saturated rings. The third-order valence-electron chi connectivity index (χ3n) is 3.84. The maximum Gasteiger partial charge on any atom is 0.165 e. The minimum atomic E-state index is -0.669. The fourth-order valence-electron chi connectivity index (χ4n) is 2.60. The molecule has 3 rings (SSSR count). The number of rotatable bonds is 4. The van der Waals surface area contributed by atoms with E-state index < -0.39 is 11.9 Å². The van der Waals surface area contributed by atoms with E-state index in [9.17, 15) is 9.50 Å². The lowest BCUT2D eigenvalue weighted by Crippen LogP contribution is -2.23. The number of hydrogen-bond donors (Lipinski definition) is 1. The van der Waals surface area contributed by atoms with Gasteiger partial charge in [-0.3, -0.25) is 0 Å². The molecular weight excluding hydrogens is 255 g/mol. The summed E-state index contributed by atoms with van der Waals surface area (Å²) in [6, 6.07) is 12.9. The van der Waals surface area contributed by atoms with Gasteiger partial charge in [0.25, 0.3) is 0 Å². The molecule has 2 aromatic rings. The van der Waals surface area contributed by atoms with Gasteiger partial charge in [0.2, 0.25) is 0 Å². The number of fused-ring (bicyclic) bond motifs is 1. The summed E-state index contributed by atoms with van der Waals surface area (Å²) in [6.07, 6.45) is 0.320. The van der Waals surface area contributed by atoms with Crippen LogP contribution in [-0.2, 0) is 6.42 Å². The molecule has 0 heterocycles. The van der Waals surface area contributed by atoms with Crippen LogP contribution in [0.4, 0.5) is 4.39 Å². The minimum Gasteiger partial charge on any atom is -0.490 e. The quantitative estimate of drug-likeness (QED) is 0.921. The number of benzene rings is 2. The summed E-state index contributed by atoms with van der Waals surface area (Å²) < 4.78 is 19.4. The number of hydrogen-bond acceptors (Lipinski definition) is 2. The van der Waals surface area contributed by atoms with Gasteiger partial charge >= 0.3 is 0 Å². The van der Waals surface area contributed by atoms with Gasteiger partial charge in [-0.05, 0) is 42.2 Å². The number of ether oxygens (including phenoxy) is 1. The zero-order valence-corrected chi connectivity index (χ0v) is 11.3. The molecule has 2 aromatic carbocycles. The first-order valence-corrected chi connectivity index (χ1v) is 6.83. The molecule has 1 aliphatic rings. The second-order valence-corrected chi connectivity index (χ2v) is 5.28. The Hall–Kier alpha value is -1.87. The van der Waals surface area contributed by atoms with Crippen LogP contribution >= 0.6 is 0 Å². The largest absolute Gasteiger partial charge is 0.490 e. The van der Waals surface area contributed by atoms with Crippen molar-refractivity contribution in [3.63, 3.8) is 0 Å². The van der Waals surface area contributed by atoms with Gasteiger partial charge in [-0.15, -0.1) is 0 Å². The van der Waals surface area contributed by atoms with Gasteiger partial charge in [-0.1, -0.05) is 30.3 Å². The molecule has 0 aromatic heterocycles. The molecule has 0 spiro atoms. The third-order valence-corrected chi connectivity index (χ3v) is 3.84. The third kappa shape index (κ3) is 2.41. The molecule has 1 N–H and O–H groups in total. The van der Waals surface area contributed by atoms with E-state index in [1.54, 1.807) is 19.1 Å². The van der Waals surface area contributed by atoms with E-state index in [4.69, 9.17) is 4.74 Å². The lowest BCUT2D eigenvalue weighted by atomic mass is 9.78. The Labute approximate surface area is 117 Å². The van der Waals surface area contributed by atoms with Gasteiger partial charge < -0.3 is 9.84 Å². The highest BCUT2D eigenvalue weighted by Crippen LogP contribution is 2.35. The summed E-state index contributed by atoms with van der Waals surface area (Å²) >= 11 is 0. The Morgan fingerprint density at radius 2 is 2.10 bits per heavy atom. The van der Waals surface area contributed by atoms with E-state index in [1.165, 1.54) is 17.2 Å². The van der Waals surface area contributed by atoms with Gasteiger partial charge in [0.1, 0.15) is 0 Å². The molecule has 20 heavy (non-hydrogen) atoms. The summed E-state index contributed by atoms with van der Waals surface area (Å²) in [7, 11) is 0. The Morgan fingerprint density at radius 3 is 2.80 bits per heavy atom. The molecule has 2 atom stereocenters. The molecule has 0 amide bonds. The first-order chi connectivity index (χ1) is 9.65. The lowest BCUT2D eigenvalue weighted by Gasteiger charge is -2.29. The van der Waals surface area contributed by atoms with Crippen LogP contribution in [0.25, 0.3) is 0 Å². The predicted octanol–water partition coefficient (Wildman–Crippen LogP) is 3.60. The molecule has 2 nitrogen and oxygen atoms in total. The number of aliphatic hydroxyl groups excluding tert-OH is 1. The lowest BCUT2D eigenvalue weighted by molar-refractivity contribution is 0.198. The molecule has 0 bridgehead atoms. The van der Waals surface area contributed by atoms with Crippen LogP contribution in [0.5, 0.6) is 5.75 Å². The fraction of sp³-hybridized carbons (Fsp3) is 0.294. The molecule has 0 aliphatic heterocycles. The highest BCUT2D eigenvalue weighted by Gasteiger charge is 2.26. The van der Waals surface area contributed by atoms with Gasteiger partial charge in [0.05, 0.1) is 12.7 Å². The zero-order valence-electron chi connectivity index (χ0n) is 11.3. The van der Waals surface area contributed by atoms with Gasteiger partial charge in [0.15, 0.2) is 11.6 Å². The smallest absolute Gasteiger partial charge is 0.165 e. The first kappa shape index (κ1) is 13.1. The van der Waals surface area contributed by atoms with Crippen molar-refractivity contribution in [2.45, 2.75) is 25.4 Å². The van der Waals surface area contributed by atoms with Crippen molar-refractivity contribution < 1.29 is 14.2 Å². The van der Waals surface area contributed by atoms with Crippen LogP contribution in [0.3, 0.4) is 0 Å². The van der Waals surface area contributed by atoms with Crippen molar-refractivity contribution in [2.75, 3.05) is 6.61 Å². The molecule has 1 aliphatic carbocycles. The SMILES string of the molecule is C[C@H](O)c1ccc(OCC2Cc3ccccc32)c(F)c1. The molecule has 1 unspecified atom stereocenters. The van der Waals surface area contributed by atoms with Crippen LogP contribution in [-0.4, -0.2) is 11.7 Å². The minimum absolute atomic E-state index is 0.249. The Bertz CT molecular complexity index is 622. The van der Waals surface area contributed by atoms with Gasteiger partial charge in [0, 0.05) is 5.92 Å². The molecule has 3 heteroatoms. The zero-order chi connectivity index (χ0) is 14.1. The summed E-state index contributed by atoms with van der Waals surface area (Å²) in [5.74, 6) is 0.178. The second kappa shape index (κ2) is 5.25. The Kier molecular flexibility index (Phi) is 3.45. The second-order valence-electron chi connectivity index (χ2n) is 5.28. The van der Waals surface area contributed by atoms with E-state index in [0.717, 1.165) is 6.42 Å². The highest BCUT2D eigenvalue weighted by molar-refractivity contribution is 5.40. The van der Waals surface area contributed by atoms with Crippen molar-refractivity contribution in [1.82, 2.24) is 0 Å². The van der Waals surface area contributed by atoms with Crippen LogP contribution < -0.4 is 4.74 Å². The van der Waals surface area contributed by atoms with E-state index in [1.807, 2.05) is 12.1 Å². The maximum absolute atomic E-state index is 13.8. The summed E-state index contributed by atoms with van der Waals surface area (Å²) in [6.45, 7) is 2.10. The maximum atomic E-state index is 13.8. The average Bonchev–Trinajstić information content (AvgIpc) is 2.41. The highest BCUT2D eigenvalue weighted by atomic mass is 19.1. The van der Waals surface area contributed by atoms with E-state index >= 15 is 0 Å².